The van der Waals surface area contributed by atoms with Gasteiger partial charge in [0.15, 0.2) is 0 Å². The van der Waals surface area contributed by atoms with Gasteiger partial charge in [-0.25, -0.2) is 0 Å². The van der Waals surface area contributed by atoms with E-state index in [4.69, 9.17) is 4.74 Å². The lowest BCUT2D eigenvalue weighted by molar-refractivity contribution is 0.0345. The fraction of sp³-hybridized carbons (Fsp3) is 1.00. The Bertz CT molecular complexity index is 293. The van der Waals surface area contributed by atoms with Crippen molar-refractivity contribution in [1.29, 1.82) is 0 Å². The first-order chi connectivity index (χ1) is 9.55. The van der Waals surface area contributed by atoms with Crippen molar-refractivity contribution in [2.24, 2.45) is 5.92 Å². The van der Waals surface area contributed by atoms with E-state index in [2.05, 4.69) is 43.1 Å². The van der Waals surface area contributed by atoms with Gasteiger partial charge in [-0.05, 0) is 46.2 Å². The Morgan fingerprint density at radius 1 is 1.30 bits per heavy atom. The van der Waals surface area contributed by atoms with Gasteiger partial charge in [-0.3, -0.25) is 4.90 Å². The summed E-state index contributed by atoms with van der Waals surface area (Å²) in [5.41, 5.74) is 0.343. The van der Waals surface area contributed by atoms with E-state index in [1.54, 1.807) is 0 Å². The molecule has 2 rings (SSSR count). The number of nitrogens with zero attached hydrogens (tertiary/aromatic N) is 2. The van der Waals surface area contributed by atoms with Gasteiger partial charge in [0, 0.05) is 37.8 Å². The van der Waals surface area contributed by atoms with Crippen LogP contribution in [0.25, 0.3) is 0 Å². The third-order valence-corrected chi connectivity index (χ3v) is 4.94. The molecule has 0 radical (unpaired) electrons. The second-order valence-electron chi connectivity index (χ2n) is 7.02. The summed E-state index contributed by atoms with van der Waals surface area (Å²) in [6, 6.07) is 0.680. The topological polar surface area (TPSA) is 27.7 Å². The highest BCUT2D eigenvalue weighted by Crippen LogP contribution is 2.41. The first-order valence-corrected chi connectivity index (χ1v) is 8.26. The summed E-state index contributed by atoms with van der Waals surface area (Å²) in [7, 11) is 4.18. The van der Waals surface area contributed by atoms with Crippen molar-refractivity contribution in [3.8, 4) is 0 Å². The van der Waals surface area contributed by atoms with E-state index in [0.717, 1.165) is 38.8 Å². The van der Waals surface area contributed by atoms with Crippen LogP contribution in [0.3, 0.4) is 0 Å². The van der Waals surface area contributed by atoms with Gasteiger partial charge in [-0.2, -0.15) is 0 Å². The standard InChI is InChI=1S/C16H33N3O/c1-5-15-12-17-16(2,14-6-7-14)13-19(15)9-11-20-10-8-18(3)4/h14-15,17H,5-13H2,1-4H3. The average Bonchev–Trinajstić information content (AvgIpc) is 3.23. The fourth-order valence-corrected chi connectivity index (χ4v) is 3.28. The lowest BCUT2D eigenvalue weighted by Gasteiger charge is -2.46. The minimum atomic E-state index is 0.343. The molecule has 2 aliphatic rings. The van der Waals surface area contributed by atoms with Crippen molar-refractivity contribution < 1.29 is 4.74 Å². The molecule has 1 N–H and O–H groups in total. The molecule has 0 spiro atoms. The third-order valence-electron chi connectivity index (χ3n) is 4.94. The highest BCUT2D eigenvalue weighted by molar-refractivity contribution is 5.03. The smallest absolute Gasteiger partial charge is 0.0594 e. The first kappa shape index (κ1) is 16.2. The van der Waals surface area contributed by atoms with Gasteiger partial charge in [0.25, 0.3) is 0 Å². The van der Waals surface area contributed by atoms with Crippen LogP contribution in [0, 0.1) is 5.92 Å². The van der Waals surface area contributed by atoms with E-state index in [9.17, 15) is 0 Å². The molecule has 0 amide bonds. The predicted octanol–water partition coefficient (Wildman–Crippen LogP) is 1.42. The Labute approximate surface area is 124 Å². The Morgan fingerprint density at radius 3 is 2.65 bits per heavy atom. The van der Waals surface area contributed by atoms with Crippen molar-refractivity contribution in [1.82, 2.24) is 15.1 Å². The lowest BCUT2D eigenvalue weighted by Crippen LogP contribution is -2.64. The van der Waals surface area contributed by atoms with Crippen molar-refractivity contribution >= 4 is 0 Å². The summed E-state index contributed by atoms with van der Waals surface area (Å²) in [6.07, 6.45) is 4.05. The summed E-state index contributed by atoms with van der Waals surface area (Å²) >= 11 is 0. The molecule has 0 aromatic carbocycles. The van der Waals surface area contributed by atoms with Crippen molar-refractivity contribution in [2.45, 2.75) is 44.7 Å². The van der Waals surface area contributed by atoms with Crippen LogP contribution in [0.4, 0.5) is 0 Å². The van der Waals surface area contributed by atoms with E-state index in [-0.39, 0.29) is 0 Å². The third kappa shape index (κ3) is 4.42. The molecule has 118 valence electrons. The van der Waals surface area contributed by atoms with Gasteiger partial charge in [-0.1, -0.05) is 6.92 Å². The van der Waals surface area contributed by atoms with Gasteiger partial charge < -0.3 is 15.0 Å². The molecule has 1 saturated carbocycles. The fourth-order valence-electron chi connectivity index (χ4n) is 3.28. The van der Waals surface area contributed by atoms with Crippen LogP contribution in [0.2, 0.25) is 0 Å². The van der Waals surface area contributed by atoms with Crippen LogP contribution in [-0.4, -0.2) is 74.9 Å². The molecule has 1 heterocycles. The highest BCUT2D eigenvalue weighted by atomic mass is 16.5. The zero-order valence-corrected chi connectivity index (χ0v) is 13.8. The number of ether oxygens (including phenoxy) is 1. The molecular formula is C16H33N3O. The zero-order chi connectivity index (χ0) is 14.6. The van der Waals surface area contributed by atoms with Gasteiger partial charge >= 0.3 is 0 Å². The van der Waals surface area contributed by atoms with Crippen molar-refractivity contribution in [2.75, 3.05) is 53.5 Å². The first-order valence-electron chi connectivity index (χ1n) is 8.26. The van der Waals surface area contributed by atoms with E-state index in [1.807, 2.05) is 0 Å². The number of likely N-dealkylation sites (N-methyl/N-ethyl adjacent to an activating group) is 1. The number of piperazine rings is 1. The van der Waals surface area contributed by atoms with Crippen LogP contribution < -0.4 is 5.32 Å². The van der Waals surface area contributed by atoms with Gasteiger partial charge in [0.05, 0.1) is 13.2 Å². The molecule has 1 saturated heterocycles. The second kappa shape index (κ2) is 7.21. The van der Waals surface area contributed by atoms with Crippen LogP contribution in [0.15, 0.2) is 0 Å². The normalized spacial score (nSPS) is 31.9. The number of rotatable bonds is 8. The summed E-state index contributed by atoms with van der Waals surface area (Å²) in [4.78, 5) is 4.83. The minimum absolute atomic E-state index is 0.343. The van der Waals surface area contributed by atoms with Crippen molar-refractivity contribution in [3.63, 3.8) is 0 Å². The Hall–Kier alpha value is -0.160. The summed E-state index contributed by atoms with van der Waals surface area (Å²) < 4.78 is 5.78. The molecule has 20 heavy (non-hydrogen) atoms. The summed E-state index contributed by atoms with van der Waals surface area (Å²) in [5.74, 6) is 0.900. The number of hydrogen-bond acceptors (Lipinski definition) is 4. The molecule has 4 nitrogen and oxygen atoms in total. The highest BCUT2D eigenvalue weighted by Gasteiger charge is 2.45. The Balaban J connectivity index is 1.74. The maximum absolute atomic E-state index is 5.78. The molecule has 1 aliphatic heterocycles. The maximum Gasteiger partial charge on any atom is 0.0594 e. The summed E-state index contributed by atoms with van der Waals surface area (Å²) in [6.45, 7) is 10.8. The van der Waals surface area contributed by atoms with Gasteiger partial charge in [0.2, 0.25) is 0 Å². The van der Waals surface area contributed by atoms with Crippen LogP contribution in [0.1, 0.15) is 33.1 Å². The maximum atomic E-state index is 5.78. The average molecular weight is 283 g/mol. The molecule has 2 fully saturated rings. The minimum Gasteiger partial charge on any atom is -0.379 e. The van der Waals surface area contributed by atoms with Crippen LogP contribution in [0.5, 0.6) is 0 Å². The molecule has 1 aliphatic carbocycles. The zero-order valence-electron chi connectivity index (χ0n) is 13.8. The molecule has 2 atom stereocenters. The Kier molecular flexibility index (Phi) is 5.84. The van der Waals surface area contributed by atoms with E-state index < -0.39 is 0 Å². The predicted molar refractivity (Wildman–Crippen MR) is 84.2 cm³/mol. The largest absolute Gasteiger partial charge is 0.379 e. The molecule has 0 aromatic rings. The number of nitrogens with one attached hydrogen (secondary N) is 1. The van der Waals surface area contributed by atoms with Crippen LogP contribution >= 0.6 is 0 Å². The summed E-state index contributed by atoms with van der Waals surface area (Å²) in [5, 5.41) is 3.82. The quantitative estimate of drug-likeness (QED) is 0.682. The molecule has 4 heteroatoms. The number of hydrogen-bond donors (Lipinski definition) is 1. The SMILES string of the molecule is CCC1CNC(C)(C2CC2)CN1CCOCCN(C)C. The van der Waals surface area contributed by atoms with Crippen LogP contribution in [-0.2, 0) is 4.74 Å². The molecule has 0 aromatic heterocycles. The molecule has 0 bridgehead atoms. The molecular weight excluding hydrogens is 250 g/mol. The molecule has 2 unspecified atom stereocenters. The second-order valence-corrected chi connectivity index (χ2v) is 7.02. The van der Waals surface area contributed by atoms with Crippen molar-refractivity contribution in [3.05, 3.63) is 0 Å². The monoisotopic (exact) mass is 283 g/mol. The van der Waals surface area contributed by atoms with Gasteiger partial charge in [0.1, 0.15) is 0 Å². The van der Waals surface area contributed by atoms with Gasteiger partial charge in [-0.15, -0.1) is 0 Å². The Morgan fingerprint density at radius 2 is 2.05 bits per heavy atom. The lowest BCUT2D eigenvalue weighted by atomic mass is 9.90. The van der Waals surface area contributed by atoms with E-state index in [1.165, 1.54) is 25.8 Å². The van der Waals surface area contributed by atoms with E-state index >= 15 is 0 Å². The van der Waals surface area contributed by atoms with E-state index in [0.29, 0.717) is 11.6 Å².